The van der Waals surface area contributed by atoms with Gasteiger partial charge in [0.05, 0.1) is 0 Å². The van der Waals surface area contributed by atoms with Crippen LogP contribution in [0.25, 0.3) is 10.9 Å². The number of thioether (sulfide) groups is 1. The predicted molar refractivity (Wildman–Crippen MR) is 76.6 cm³/mol. The molecular formula is C15H18INOS. The molecule has 4 heteroatoms. The van der Waals surface area contributed by atoms with Crippen LogP contribution in [0.5, 0.6) is 0 Å². The molecule has 2 rings (SSSR count). The molecule has 0 aliphatic carbocycles. The normalized spacial score (nSPS) is 10.2. The SMILES string of the molecule is CC(=O)SCCC[n+]1ccc(C)c2ccccc21.[I-]. The van der Waals surface area contributed by atoms with Crippen molar-refractivity contribution in [2.24, 2.45) is 0 Å². The van der Waals surface area contributed by atoms with E-state index >= 15 is 0 Å². The monoisotopic (exact) mass is 387 g/mol. The molecule has 2 aromatic rings. The number of benzene rings is 1. The highest BCUT2D eigenvalue weighted by molar-refractivity contribution is 8.13. The molecule has 1 aromatic heterocycles. The topological polar surface area (TPSA) is 20.9 Å². The summed E-state index contributed by atoms with van der Waals surface area (Å²) in [6, 6.07) is 10.6. The van der Waals surface area contributed by atoms with Crippen LogP contribution >= 0.6 is 11.8 Å². The fraction of sp³-hybridized carbons (Fsp3) is 0.333. The molecule has 19 heavy (non-hydrogen) atoms. The Morgan fingerprint density at radius 2 is 2.00 bits per heavy atom. The van der Waals surface area contributed by atoms with E-state index in [0.717, 1.165) is 18.7 Å². The van der Waals surface area contributed by atoms with Crippen molar-refractivity contribution in [3.63, 3.8) is 0 Å². The van der Waals surface area contributed by atoms with E-state index in [0.29, 0.717) is 0 Å². The summed E-state index contributed by atoms with van der Waals surface area (Å²) in [5, 5.41) is 1.51. The smallest absolute Gasteiger partial charge is 0.212 e. The Labute approximate surface area is 135 Å². The van der Waals surface area contributed by atoms with E-state index in [4.69, 9.17) is 0 Å². The van der Waals surface area contributed by atoms with E-state index in [2.05, 4.69) is 48.0 Å². The van der Waals surface area contributed by atoms with Crippen LogP contribution in [0, 0.1) is 6.92 Å². The van der Waals surface area contributed by atoms with Gasteiger partial charge in [-0.15, -0.1) is 0 Å². The number of hydrogen-bond donors (Lipinski definition) is 0. The fourth-order valence-electron chi connectivity index (χ4n) is 2.08. The summed E-state index contributed by atoms with van der Waals surface area (Å²) in [6.07, 6.45) is 3.15. The van der Waals surface area contributed by atoms with E-state index in [1.807, 2.05) is 0 Å². The molecule has 0 atom stereocenters. The van der Waals surface area contributed by atoms with Gasteiger partial charge in [-0.05, 0) is 18.6 Å². The third-order valence-corrected chi connectivity index (χ3v) is 3.89. The van der Waals surface area contributed by atoms with Crippen LogP contribution in [0.4, 0.5) is 0 Å². The molecule has 0 N–H and O–H groups in total. The molecule has 0 unspecified atom stereocenters. The lowest BCUT2D eigenvalue weighted by atomic mass is 10.1. The molecule has 0 amide bonds. The minimum atomic E-state index is 0. The van der Waals surface area contributed by atoms with E-state index in [1.165, 1.54) is 28.2 Å². The highest BCUT2D eigenvalue weighted by atomic mass is 127. The maximum absolute atomic E-state index is 10.9. The fourth-order valence-corrected chi connectivity index (χ4v) is 2.64. The third-order valence-electron chi connectivity index (χ3n) is 2.99. The molecule has 0 fully saturated rings. The van der Waals surface area contributed by atoms with E-state index in [9.17, 15) is 4.79 Å². The van der Waals surface area contributed by atoms with Crippen molar-refractivity contribution in [2.45, 2.75) is 26.8 Å². The first-order valence-electron chi connectivity index (χ1n) is 6.19. The number of aryl methyl sites for hydroxylation is 2. The minimum absolute atomic E-state index is 0. The predicted octanol–water partition coefficient (Wildman–Crippen LogP) is 0.110. The Morgan fingerprint density at radius 1 is 1.26 bits per heavy atom. The van der Waals surface area contributed by atoms with Crippen LogP contribution < -0.4 is 28.5 Å². The Kier molecular flexibility index (Phi) is 6.79. The lowest BCUT2D eigenvalue weighted by molar-refractivity contribution is -0.671. The molecule has 2 nitrogen and oxygen atoms in total. The maximum atomic E-state index is 10.9. The summed E-state index contributed by atoms with van der Waals surface area (Å²) in [6.45, 7) is 4.72. The number of carbonyl (C=O) groups excluding carboxylic acids is 1. The zero-order valence-corrected chi connectivity index (χ0v) is 14.2. The molecule has 0 saturated heterocycles. The summed E-state index contributed by atoms with van der Waals surface area (Å²) >= 11 is 1.41. The summed E-state index contributed by atoms with van der Waals surface area (Å²) in [4.78, 5) is 10.9. The van der Waals surface area contributed by atoms with Gasteiger partial charge < -0.3 is 24.0 Å². The van der Waals surface area contributed by atoms with E-state index in [-0.39, 0.29) is 29.1 Å². The summed E-state index contributed by atoms with van der Waals surface area (Å²) in [5.41, 5.74) is 2.57. The molecular weight excluding hydrogens is 369 g/mol. The molecule has 0 aliphatic rings. The Morgan fingerprint density at radius 3 is 2.74 bits per heavy atom. The molecule has 0 radical (unpaired) electrons. The first-order chi connectivity index (χ1) is 8.68. The van der Waals surface area contributed by atoms with Gasteiger partial charge in [0.15, 0.2) is 11.3 Å². The van der Waals surface area contributed by atoms with Crippen LogP contribution in [0.3, 0.4) is 0 Å². The highest BCUT2D eigenvalue weighted by Gasteiger charge is 2.09. The average molecular weight is 387 g/mol. The van der Waals surface area contributed by atoms with Gasteiger partial charge in [0.2, 0.25) is 5.52 Å². The van der Waals surface area contributed by atoms with Crippen molar-refractivity contribution in [3.05, 3.63) is 42.1 Å². The molecule has 102 valence electrons. The molecule has 1 heterocycles. The van der Waals surface area contributed by atoms with Gasteiger partial charge in [0.1, 0.15) is 6.54 Å². The highest BCUT2D eigenvalue weighted by Crippen LogP contribution is 2.14. The van der Waals surface area contributed by atoms with Gasteiger partial charge in [0.25, 0.3) is 0 Å². The van der Waals surface area contributed by atoms with Crippen molar-refractivity contribution >= 4 is 27.8 Å². The van der Waals surface area contributed by atoms with Crippen molar-refractivity contribution in [3.8, 4) is 0 Å². The van der Waals surface area contributed by atoms with E-state index < -0.39 is 0 Å². The van der Waals surface area contributed by atoms with Crippen molar-refractivity contribution in [2.75, 3.05) is 5.75 Å². The quantitative estimate of drug-likeness (QED) is 0.422. The standard InChI is InChI=1S/C15H18NOS.HI/c1-12-8-10-16(9-5-11-18-13(2)17)15-7-4-3-6-14(12)15;/h3-4,6-8,10H,5,9,11H2,1-2H3;1H/q+1;/p-1. The summed E-state index contributed by atoms with van der Waals surface area (Å²) in [5.74, 6) is 0.893. The van der Waals surface area contributed by atoms with Crippen molar-refractivity contribution < 1.29 is 33.3 Å². The second-order valence-electron chi connectivity index (χ2n) is 4.40. The van der Waals surface area contributed by atoms with Crippen LogP contribution in [0.1, 0.15) is 18.9 Å². The number of pyridine rings is 1. The number of aromatic nitrogens is 1. The van der Waals surface area contributed by atoms with Gasteiger partial charge >= 0.3 is 0 Å². The Bertz CT molecular complexity index is 571. The van der Waals surface area contributed by atoms with Crippen LogP contribution in [0.2, 0.25) is 0 Å². The number of fused-ring (bicyclic) bond motifs is 1. The van der Waals surface area contributed by atoms with Gasteiger partial charge in [-0.1, -0.05) is 23.9 Å². The zero-order valence-electron chi connectivity index (χ0n) is 11.2. The Hall–Kier alpha value is -0.620. The van der Waals surface area contributed by atoms with Gasteiger partial charge in [-0.3, -0.25) is 4.79 Å². The van der Waals surface area contributed by atoms with Gasteiger partial charge in [-0.2, -0.15) is 4.57 Å². The molecule has 1 aromatic carbocycles. The minimum Gasteiger partial charge on any atom is -1.00 e. The second-order valence-corrected chi connectivity index (χ2v) is 5.67. The summed E-state index contributed by atoms with van der Waals surface area (Å²) in [7, 11) is 0. The Balaban J connectivity index is 0.00000180. The number of para-hydroxylation sites is 1. The molecule has 0 aliphatic heterocycles. The first-order valence-corrected chi connectivity index (χ1v) is 7.18. The molecule has 0 saturated carbocycles. The first kappa shape index (κ1) is 16.4. The maximum Gasteiger partial charge on any atom is 0.212 e. The lowest BCUT2D eigenvalue weighted by Gasteiger charge is -2.03. The number of carbonyl (C=O) groups is 1. The number of halogens is 1. The summed E-state index contributed by atoms with van der Waals surface area (Å²) < 4.78 is 2.27. The van der Waals surface area contributed by atoms with Crippen LogP contribution in [0.15, 0.2) is 36.5 Å². The van der Waals surface area contributed by atoms with Crippen LogP contribution in [-0.2, 0) is 11.3 Å². The average Bonchev–Trinajstić information content (AvgIpc) is 2.37. The number of hydrogen-bond acceptors (Lipinski definition) is 2. The molecule has 0 bridgehead atoms. The number of rotatable bonds is 4. The third kappa shape index (κ3) is 4.45. The van der Waals surface area contributed by atoms with Gasteiger partial charge in [-0.25, -0.2) is 0 Å². The van der Waals surface area contributed by atoms with Crippen molar-refractivity contribution in [1.82, 2.24) is 0 Å². The van der Waals surface area contributed by atoms with Crippen LogP contribution in [-0.4, -0.2) is 10.9 Å². The lowest BCUT2D eigenvalue weighted by Crippen LogP contribution is -3.00. The number of nitrogens with zero attached hydrogens (tertiary/aromatic N) is 1. The van der Waals surface area contributed by atoms with E-state index in [1.54, 1.807) is 6.92 Å². The zero-order chi connectivity index (χ0) is 13.0. The van der Waals surface area contributed by atoms with Crippen molar-refractivity contribution in [1.29, 1.82) is 0 Å². The van der Waals surface area contributed by atoms with Gasteiger partial charge in [0, 0.05) is 36.6 Å². The second kappa shape index (κ2) is 7.85. The largest absolute Gasteiger partial charge is 1.00 e. The molecule has 0 spiro atoms.